The maximum atomic E-state index is 12.4. The Kier molecular flexibility index (Phi) is 44.4. The SMILES string of the molecule is CC(C)(C)OC(=O)N1CCC(Cc2cc(O)cc(Br)c2)CC1.CCOP(=O)(Cc1cc(Br)cc(OC)c1)OCC.COc1cc(Br)cc(C=C2CCN(C(=O)OC(C)(C)C)CC2)c1.COc1cc(Br)cc(CC2CCN(C(=O)OC(C)(C)C)CC2)c1.COc1cc(Br)cc(CC2CCNCC2)c1.COc1cc(C)cc(Br)c1.Cl. The predicted octanol–water partition coefficient (Wildman–Crippen LogP) is 24.3. The monoisotopic (exact) mass is 1990 g/mol. The number of phenols is 1. The minimum atomic E-state index is -3.07. The van der Waals surface area contributed by atoms with Crippen molar-refractivity contribution in [1.29, 1.82) is 0 Å². The van der Waals surface area contributed by atoms with Crippen LogP contribution in [0.15, 0.2) is 142 Å². The second-order valence-electron chi connectivity index (χ2n) is 30.9. The highest BCUT2D eigenvalue weighted by Gasteiger charge is 2.31. The van der Waals surface area contributed by atoms with Gasteiger partial charge in [-0.1, -0.05) is 107 Å². The maximum absolute atomic E-state index is 12.4. The Morgan fingerprint density at radius 3 is 1.12 bits per heavy atom. The number of carbonyl (C=O) groups is 3. The Bertz CT molecular complexity index is 3940. The zero-order chi connectivity index (χ0) is 82.9. The fourth-order valence-electron chi connectivity index (χ4n) is 12.7. The Morgan fingerprint density at radius 2 is 0.761 bits per heavy atom. The van der Waals surface area contributed by atoms with Gasteiger partial charge in [0.2, 0.25) is 0 Å². The Labute approximate surface area is 729 Å². The second kappa shape index (κ2) is 50.0. The third-order valence-corrected chi connectivity index (χ3v) is 22.6. The number of aromatic hydroxyl groups is 1. The van der Waals surface area contributed by atoms with E-state index in [1.807, 2.05) is 147 Å². The van der Waals surface area contributed by atoms with Crippen LogP contribution in [0.2, 0.25) is 0 Å². The standard InChI is InChI=1S/C18H26BrNO3.C18H24BrNO3.C17H24BrNO3.C13H18BrNO.C12H18BrO4P.C8H9BrO.ClH/c2*1-18(2,3)23-17(21)20-7-5-13(6-8-20)9-14-10-15(19)12-16(11-14)22-4;1-17(2,3)22-16(21)19-6-4-12(5-7-19)8-13-9-14(18)11-15(20)10-13;1-16-13-8-11(7-12(14)9-13)6-10-2-4-15-5-3-10;1-4-16-18(14,17-5-2)9-10-6-11(13)8-12(7-10)15-3;1-6-3-7(9)5-8(4-6)10-2;/h10-13H,5-9H2,1-4H3;9-12H,5-8H2,1-4H3;9-12,20H,4-8H2,1-3H3;7-10,15H,2-6H2,1H3;6-8H,4-5,9H2,1-3H3;3-5H,1-2H3;1H. The molecule has 0 aromatic heterocycles. The van der Waals surface area contributed by atoms with E-state index in [4.69, 9.17) is 46.9 Å². The quantitative estimate of drug-likeness (QED) is 0.0607. The normalized spacial score (nSPS) is 14.8. The number of likely N-dealkylation sites (tertiary alicyclic amines) is 3. The first kappa shape index (κ1) is 100. The van der Waals surface area contributed by atoms with E-state index < -0.39 is 24.4 Å². The number of phenolic OH excluding ortho intramolecular Hbond substituents is 1. The van der Waals surface area contributed by atoms with E-state index in [-0.39, 0.29) is 42.6 Å². The molecular weight excluding hydrogens is 1870 g/mol. The molecular formula is C86H120Br6ClN4O15P. The van der Waals surface area contributed by atoms with Crippen LogP contribution in [0.1, 0.15) is 161 Å². The number of carbonyl (C=O) groups excluding carboxylic acids is 3. The molecule has 2 N–H and O–H groups in total. The molecule has 19 nitrogen and oxygen atoms in total. The molecule has 0 bridgehead atoms. The Hall–Kier alpha value is -5.05. The number of hydrogen-bond donors (Lipinski definition) is 2. The lowest BCUT2D eigenvalue weighted by Crippen LogP contribution is -2.42. The van der Waals surface area contributed by atoms with Gasteiger partial charge in [-0.15, -0.1) is 12.4 Å². The van der Waals surface area contributed by atoms with Crippen molar-refractivity contribution in [1.82, 2.24) is 20.0 Å². The smallest absolute Gasteiger partial charge is 0.410 e. The highest BCUT2D eigenvalue weighted by atomic mass is 79.9. The van der Waals surface area contributed by atoms with Gasteiger partial charge in [-0.05, 0) is 327 Å². The van der Waals surface area contributed by atoms with Crippen LogP contribution in [-0.2, 0) is 53.2 Å². The van der Waals surface area contributed by atoms with Gasteiger partial charge in [0.15, 0.2) is 0 Å². The second-order valence-corrected chi connectivity index (χ2v) is 38.5. The third kappa shape index (κ3) is 40.3. The first-order chi connectivity index (χ1) is 52.8. The fourth-order valence-corrected chi connectivity index (χ4v) is 17.5. The van der Waals surface area contributed by atoms with E-state index in [2.05, 4.69) is 137 Å². The number of amides is 3. The van der Waals surface area contributed by atoms with Gasteiger partial charge < -0.3 is 72.1 Å². The van der Waals surface area contributed by atoms with Gasteiger partial charge in [0.1, 0.15) is 51.3 Å². The van der Waals surface area contributed by atoms with Gasteiger partial charge in [0.25, 0.3) is 0 Å². The molecule has 4 heterocycles. The number of halogens is 7. The molecule has 4 saturated heterocycles. The number of piperidine rings is 4. The molecule has 10 rings (SSSR count). The fraction of sp³-hybridized carbons (Fsp3) is 0.523. The van der Waals surface area contributed by atoms with Gasteiger partial charge in [-0.2, -0.15) is 0 Å². The molecule has 628 valence electrons. The zero-order valence-corrected chi connectivity index (χ0v) is 80.1. The minimum absolute atomic E-state index is 0. The molecule has 4 aliphatic rings. The van der Waals surface area contributed by atoms with Crippen LogP contribution >= 0.6 is 116 Å². The molecule has 0 radical (unpaired) electrons. The number of hydrogen-bond acceptors (Lipinski definition) is 16. The number of nitrogens with zero attached hydrogens (tertiary/aromatic N) is 3. The van der Waals surface area contributed by atoms with Crippen molar-refractivity contribution in [3.63, 3.8) is 0 Å². The Balaban J connectivity index is 0.000000290. The first-order valence-electron chi connectivity index (χ1n) is 38.2. The lowest BCUT2D eigenvalue weighted by Gasteiger charge is -2.33. The molecule has 6 aromatic carbocycles. The van der Waals surface area contributed by atoms with Crippen LogP contribution < -0.4 is 29.0 Å². The molecule has 4 aliphatic heterocycles. The number of benzene rings is 6. The van der Waals surface area contributed by atoms with Crippen molar-refractivity contribution in [3.8, 4) is 34.5 Å². The molecule has 0 spiro atoms. The summed E-state index contributed by atoms with van der Waals surface area (Å²) in [4.78, 5) is 41.6. The van der Waals surface area contributed by atoms with Crippen LogP contribution in [0.4, 0.5) is 14.4 Å². The van der Waals surface area contributed by atoms with Gasteiger partial charge in [0.05, 0.1) is 54.9 Å². The highest BCUT2D eigenvalue weighted by molar-refractivity contribution is 9.11. The summed E-state index contributed by atoms with van der Waals surface area (Å²) in [5.74, 6) is 6.48. The lowest BCUT2D eigenvalue weighted by atomic mass is 9.90. The summed E-state index contributed by atoms with van der Waals surface area (Å²) in [7, 11) is 5.26. The van der Waals surface area contributed by atoms with Crippen molar-refractivity contribution in [3.05, 3.63) is 175 Å². The van der Waals surface area contributed by atoms with Crippen LogP contribution in [0.25, 0.3) is 6.08 Å². The number of aryl methyl sites for hydroxylation is 1. The molecule has 3 amide bonds. The van der Waals surface area contributed by atoms with Crippen molar-refractivity contribution >= 4 is 140 Å². The van der Waals surface area contributed by atoms with Gasteiger partial charge in [0, 0.05) is 66.1 Å². The third-order valence-electron chi connectivity index (χ3n) is 17.8. The largest absolute Gasteiger partial charge is 0.508 e. The summed E-state index contributed by atoms with van der Waals surface area (Å²) < 4.78 is 71.3. The summed E-state index contributed by atoms with van der Waals surface area (Å²) in [5, 5.41) is 13.0. The van der Waals surface area contributed by atoms with Gasteiger partial charge in [-0.25, -0.2) is 14.4 Å². The van der Waals surface area contributed by atoms with E-state index in [1.165, 1.54) is 35.1 Å². The van der Waals surface area contributed by atoms with Crippen LogP contribution in [0, 0.1) is 24.7 Å². The van der Waals surface area contributed by atoms with E-state index in [0.717, 1.165) is 169 Å². The number of methoxy groups -OCH3 is 5. The van der Waals surface area contributed by atoms with E-state index in [0.29, 0.717) is 43.9 Å². The maximum Gasteiger partial charge on any atom is 0.410 e. The van der Waals surface area contributed by atoms with Crippen molar-refractivity contribution in [2.75, 3.05) is 101 Å². The molecule has 6 aromatic rings. The molecule has 113 heavy (non-hydrogen) atoms. The first-order valence-corrected chi connectivity index (χ1v) is 44.6. The summed E-state index contributed by atoms with van der Waals surface area (Å²) in [5.41, 5.74) is 6.95. The minimum Gasteiger partial charge on any atom is -0.508 e. The average Bonchev–Trinajstić information content (AvgIpc) is 0.860. The van der Waals surface area contributed by atoms with Gasteiger partial charge in [-0.3, -0.25) is 4.57 Å². The average molecular weight is 2000 g/mol. The zero-order valence-electron chi connectivity index (χ0n) is 68.9. The van der Waals surface area contributed by atoms with Crippen molar-refractivity contribution < 1.29 is 71.0 Å². The summed E-state index contributed by atoms with van der Waals surface area (Å²) in [6, 6.07) is 35.6. The lowest BCUT2D eigenvalue weighted by molar-refractivity contribution is 0.0173. The highest BCUT2D eigenvalue weighted by Crippen LogP contribution is 2.52. The molecule has 27 heteroatoms. The topological polar surface area (TPSA) is 203 Å². The number of nitrogens with one attached hydrogen (secondary N) is 1. The van der Waals surface area contributed by atoms with E-state index >= 15 is 0 Å². The van der Waals surface area contributed by atoms with E-state index in [9.17, 15) is 24.1 Å². The number of rotatable bonds is 18. The van der Waals surface area contributed by atoms with Crippen molar-refractivity contribution in [2.24, 2.45) is 17.8 Å². The van der Waals surface area contributed by atoms with Crippen molar-refractivity contribution in [2.45, 2.75) is 177 Å². The summed E-state index contributed by atoms with van der Waals surface area (Å²) >= 11 is 20.7. The van der Waals surface area contributed by atoms with Gasteiger partial charge >= 0.3 is 25.9 Å². The summed E-state index contributed by atoms with van der Waals surface area (Å²) in [6.45, 7) is 30.1. The number of ether oxygens (including phenoxy) is 8. The molecule has 0 unspecified atom stereocenters. The predicted molar refractivity (Wildman–Crippen MR) is 479 cm³/mol. The molecule has 0 aliphatic carbocycles. The van der Waals surface area contributed by atoms with Crippen LogP contribution in [0.5, 0.6) is 34.5 Å². The Morgan fingerprint density at radius 1 is 0.442 bits per heavy atom. The van der Waals surface area contributed by atoms with E-state index in [1.54, 1.807) is 65.3 Å². The molecule has 0 saturated carbocycles. The van der Waals surface area contributed by atoms with Crippen LogP contribution in [0.3, 0.4) is 0 Å². The van der Waals surface area contributed by atoms with Crippen LogP contribution in [-0.4, -0.2) is 156 Å². The summed E-state index contributed by atoms with van der Waals surface area (Å²) in [6.07, 6.45) is 13.1. The molecule has 0 atom stereocenters. The molecule has 4 fully saturated rings.